The molecular weight excluding hydrogens is 276 g/mol. The van der Waals surface area contributed by atoms with E-state index in [-0.39, 0.29) is 13.2 Å². The molecule has 0 aliphatic carbocycles. The largest absolute Gasteiger partial charge is 0.392 e. The van der Waals surface area contributed by atoms with Crippen molar-refractivity contribution in [3.05, 3.63) is 35.4 Å². The molecule has 1 unspecified atom stereocenters. The summed E-state index contributed by atoms with van der Waals surface area (Å²) in [4.78, 5) is 0. The Kier molecular flexibility index (Phi) is 5.15. The minimum absolute atomic E-state index is 0.0375. The molecule has 1 saturated heterocycles. The van der Waals surface area contributed by atoms with Gasteiger partial charge in [0, 0.05) is 19.6 Å². The van der Waals surface area contributed by atoms with E-state index in [1.165, 1.54) is 4.31 Å². The minimum atomic E-state index is -3.41. The number of nitrogens with one attached hydrogen (secondary N) is 1. The summed E-state index contributed by atoms with van der Waals surface area (Å²) in [5.41, 5.74) is 1.64. The van der Waals surface area contributed by atoms with Crippen LogP contribution in [0.15, 0.2) is 24.3 Å². The van der Waals surface area contributed by atoms with Crippen molar-refractivity contribution < 1.29 is 13.5 Å². The van der Waals surface area contributed by atoms with E-state index in [0.29, 0.717) is 19.0 Å². The first-order valence-electron chi connectivity index (χ1n) is 6.94. The highest BCUT2D eigenvalue weighted by molar-refractivity contribution is 7.87. The molecule has 0 bridgehead atoms. The van der Waals surface area contributed by atoms with Gasteiger partial charge in [-0.3, -0.25) is 0 Å². The van der Waals surface area contributed by atoms with Gasteiger partial charge in [0.15, 0.2) is 0 Å². The SMILES string of the molecule is CC1CCCN(S(=O)(=O)NCc2cccc(CO)c2)C1. The van der Waals surface area contributed by atoms with E-state index in [9.17, 15) is 8.42 Å². The first-order chi connectivity index (χ1) is 9.51. The fourth-order valence-electron chi connectivity index (χ4n) is 2.47. The van der Waals surface area contributed by atoms with E-state index in [4.69, 9.17) is 5.11 Å². The van der Waals surface area contributed by atoms with Gasteiger partial charge in [-0.2, -0.15) is 17.4 Å². The van der Waals surface area contributed by atoms with Gasteiger partial charge in [0.25, 0.3) is 10.2 Å². The quantitative estimate of drug-likeness (QED) is 0.859. The van der Waals surface area contributed by atoms with E-state index in [2.05, 4.69) is 11.6 Å². The Hall–Kier alpha value is -0.950. The minimum Gasteiger partial charge on any atom is -0.392 e. The summed E-state index contributed by atoms with van der Waals surface area (Å²) in [5, 5.41) is 9.08. The molecule has 0 amide bonds. The molecule has 2 rings (SSSR count). The molecule has 5 nitrogen and oxygen atoms in total. The van der Waals surface area contributed by atoms with Crippen molar-refractivity contribution in [2.75, 3.05) is 13.1 Å². The van der Waals surface area contributed by atoms with E-state index in [1.54, 1.807) is 6.07 Å². The molecule has 1 fully saturated rings. The number of hydrogen-bond donors (Lipinski definition) is 2. The highest BCUT2D eigenvalue weighted by Crippen LogP contribution is 2.18. The summed E-state index contributed by atoms with van der Waals surface area (Å²) in [6, 6.07) is 7.28. The van der Waals surface area contributed by atoms with Crippen LogP contribution in [0.3, 0.4) is 0 Å². The molecule has 112 valence electrons. The van der Waals surface area contributed by atoms with Crippen LogP contribution in [0.1, 0.15) is 30.9 Å². The molecule has 0 radical (unpaired) electrons. The smallest absolute Gasteiger partial charge is 0.279 e. The lowest BCUT2D eigenvalue weighted by molar-refractivity contribution is 0.278. The maximum absolute atomic E-state index is 12.2. The monoisotopic (exact) mass is 298 g/mol. The second-order valence-electron chi connectivity index (χ2n) is 5.41. The van der Waals surface area contributed by atoms with Gasteiger partial charge in [0.2, 0.25) is 0 Å². The third-order valence-electron chi connectivity index (χ3n) is 3.59. The Labute approximate surface area is 120 Å². The van der Waals surface area contributed by atoms with Gasteiger partial charge in [0.05, 0.1) is 6.61 Å². The predicted molar refractivity (Wildman–Crippen MR) is 78.1 cm³/mol. The average Bonchev–Trinajstić information content (AvgIpc) is 2.45. The first-order valence-corrected chi connectivity index (χ1v) is 8.38. The number of aliphatic hydroxyl groups is 1. The van der Waals surface area contributed by atoms with Crippen molar-refractivity contribution in [2.24, 2.45) is 5.92 Å². The molecule has 1 aliphatic rings. The predicted octanol–water partition coefficient (Wildman–Crippen LogP) is 1.25. The van der Waals surface area contributed by atoms with Gasteiger partial charge in [0.1, 0.15) is 0 Å². The van der Waals surface area contributed by atoms with Crippen molar-refractivity contribution >= 4 is 10.2 Å². The topological polar surface area (TPSA) is 69.6 Å². The molecule has 0 saturated carbocycles. The molecule has 6 heteroatoms. The number of nitrogens with zero attached hydrogens (tertiary/aromatic N) is 1. The third kappa shape index (κ3) is 4.02. The van der Waals surface area contributed by atoms with Crippen molar-refractivity contribution in [1.29, 1.82) is 0 Å². The number of rotatable bonds is 5. The third-order valence-corrected chi connectivity index (χ3v) is 5.11. The first kappa shape index (κ1) is 15.4. The van der Waals surface area contributed by atoms with Gasteiger partial charge < -0.3 is 5.11 Å². The van der Waals surface area contributed by atoms with Crippen LogP contribution in [-0.4, -0.2) is 30.9 Å². The Morgan fingerprint density at radius 3 is 2.85 bits per heavy atom. The molecule has 1 aromatic carbocycles. The molecule has 1 aliphatic heterocycles. The van der Waals surface area contributed by atoms with Gasteiger partial charge in [-0.1, -0.05) is 31.2 Å². The molecule has 0 aromatic heterocycles. The molecule has 1 heterocycles. The van der Waals surface area contributed by atoms with E-state index >= 15 is 0 Å². The summed E-state index contributed by atoms with van der Waals surface area (Å²) in [6.07, 6.45) is 2.01. The fourth-order valence-corrected chi connectivity index (χ4v) is 3.82. The summed E-state index contributed by atoms with van der Waals surface area (Å²) in [6.45, 7) is 3.47. The molecule has 20 heavy (non-hydrogen) atoms. The van der Waals surface area contributed by atoms with Crippen LogP contribution < -0.4 is 4.72 Å². The van der Waals surface area contributed by atoms with Gasteiger partial charge >= 0.3 is 0 Å². The van der Waals surface area contributed by atoms with Crippen LogP contribution in [0.25, 0.3) is 0 Å². The molecule has 0 spiro atoms. The molecule has 1 atom stereocenters. The van der Waals surface area contributed by atoms with Crippen LogP contribution in [0, 0.1) is 5.92 Å². The van der Waals surface area contributed by atoms with E-state index in [1.807, 2.05) is 18.2 Å². The average molecular weight is 298 g/mol. The molecule has 2 N–H and O–H groups in total. The van der Waals surface area contributed by atoms with Crippen LogP contribution in [0.5, 0.6) is 0 Å². The highest BCUT2D eigenvalue weighted by Gasteiger charge is 2.26. The Morgan fingerprint density at radius 1 is 1.40 bits per heavy atom. The Bertz CT molecular complexity index is 545. The summed E-state index contributed by atoms with van der Waals surface area (Å²) in [5.74, 6) is 0.415. The van der Waals surface area contributed by atoms with E-state index < -0.39 is 10.2 Å². The second-order valence-corrected chi connectivity index (χ2v) is 7.16. The van der Waals surface area contributed by atoms with Crippen LogP contribution >= 0.6 is 0 Å². The van der Waals surface area contributed by atoms with Crippen LogP contribution in [-0.2, 0) is 23.4 Å². The number of benzene rings is 1. The number of hydrogen-bond acceptors (Lipinski definition) is 3. The zero-order chi connectivity index (χ0) is 14.6. The number of aliphatic hydroxyl groups excluding tert-OH is 1. The summed E-state index contributed by atoms with van der Waals surface area (Å²) in [7, 11) is -3.41. The normalized spacial score (nSPS) is 21.0. The number of piperidine rings is 1. The molecular formula is C14H22N2O3S. The Morgan fingerprint density at radius 2 is 2.15 bits per heavy atom. The van der Waals surface area contributed by atoms with Gasteiger partial charge in [-0.05, 0) is 29.9 Å². The Balaban J connectivity index is 1.97. The zero-order valence-corrected chi connectivity index (χ0v) is 12.6. The van der Waals surface area contributed by atoms with Crippen molar-refractivity contribution in [1.82, 2.24) is 9.03 Å². The van der Waals surface area contributed by atoms with Crippen molar-refractivity contribution in [2.45, 2.75) is 32.9 Å². The summed E-state index contributed by atoms with van der Waals surface area (Å²) >= 11 is 0. The van der Waals surface area contributed by atoms with Gasteiger partial charge in [-0.25, -0.2) is 0 Å². The fraction of sp³-hybridized carbons (Fsp3) is 0.571. The van der Waals surface area contributed by atoms with Crippen LogP contribution in [0.2, 0.25) is 0 Å². The van der Waals surface area contributed by atoms with Crippen molar-refractivity contribution in [3.8, 4) is 0 Å². The van der Waals surface area contributed by atoms with Crippen LogP contribution in [0.4, 0.5) is 0 Å². The van der Waals surface area contributed by atoms with E-state index in [0.717, 1.165) is 24.0 Å². The zero-order valence-electron chi connectivity index (χ0n) is 11.7. The molecule has 1 aromatic rings. The maximum Gasteiger partial charge on any atom is 0.279 e. The lowest BCUT2D eigenvalue weighted by atomic mass is 10.0. The summed E-state index contributed by atoms with van der Waals surface area (Å²) < 4.78 is 28.6. The van der Waals surface area contributed by atoms with Crippen molar-refractivity contribution in [3.63, 3.8) is 0 Å². The lowest BCUT2D eigenvalue weighted by Gasteiger charge is -2.30. The standard InChI is InChI=1S/C14H22N2O3S/c1-12-4-3-7-16(10-12)20(18,19)15-9-13-5-2-6-14(8-13)11-17/h2,5-6,8,12,15,17H,3-4,7,9-11H2,1H3. The highest BCUT2D eigenvalue weighted by atomic mass is 32.2. The van der Waals surface area contributed by atoms with Gasteiger partial charge in [-0.15, -0.1) is 0 Å². The second kappa shape index (κ2) is 6.67. The maximum atomic E-state index is 12.2. The lowest BCUT2D eigenvalue weighted by Crippen LogP contribution is -2.45.